The minimum Gasteiger partial charge on any atom is -0.463 e. The molecule has 0 radical (unpaired) electrons. The summed E-state index contributed by atoms with van der Waals surface area (Å²) in [5.41, 5.74) is 7.20. The van der Waals surface area contributed by atoms with Gasteiger partial charge in [-0.3, -0.25) is 9.36 Å². The summed E-state index contributed by atoms with van der Waals surface area (Å²) >= 11 is 0. The molecule has 0 unspecified atom stereocenters. The number of aromatic nitrogens is 6. The Kier molecular flexibility index (Phi) is 11.4. The highest BCUT2D eigenvalue weighted by molar-refractivity contribution is 5.88. The van der Waals surface area contributed by atoms with Gasteiger partial charge in [-0.2, -0.15) is 0 Å². The van der Waals surface area contributed by atoms with Gasteiger partial charge in [0.1, 0.15) is 11.4 Å². The molecule has 8 rings (SSSR count). The van der Waals surface area contributed by atoms with Gasteiger partial charge in [0.2, 0.25) is 0 Å². The van der Waals surface area contributed by atoms with Crippen molar-refractivity contribution in [2.75, 3.05) is 6.61 Å². The van der Waals surface area contributed by atoms with Gasteiger partial charge in [-0.05, 0) is 80.9 Å². The van der Waals surface area contributed by atoms with Crippen molar-refractivity contribution >= 4 is 22.9 Å². The van der Waals surface area contributed by atoms with Crippen LogP contribution in [0.25, 0.3) is 39.5 Å². The Hall–Kier alpha value is -7.26. The number of benzene rings is 6. The second-order valence-corrected chi connectivity index (χ2v) is 14.4. The Bertz CT molecular complexity index is 2680. The lowest BCUT2D eigenvalue weighted by atomic mass is 9.77. The van der Waals surface area contributed by atoms with Crippen LogP contribution in [0.5, 0.6) is 0 Å². The first kappa shape index (κ1) is 38.6. The molecule has 0 aliphatic heterocycles. The molecule has 0 aliphatic carbocycles. The molecular formula is C50H44N6O3. The van der Waals surface area contributed by atoms with Gasteiger partial charge >= 0.3 is 5.97 Å². The van der Waals surface area contributed by atoms with Gasteiger partial charge in [-0.15, -0.1) is 5.10 Å². The highest BCUT2D eigenvalue weighted by Gasteiger charge is 2.42. The summed E-state index contributed by atoms with van der Waals surface area (Å²) in [4.78, 5) is 31.1. The topological polar surface area (TPSA) is 105 Å². The van der Waals surface area contributed by atoms with E-state index in [1.54, 1.807) is 23.6 Å². The zero-order valence-corrected chi connectivity index (χ0v) is 33.1. The number of fused-ring (bicyclic) bond motifs is 1. The van der Waals surface area contributed by atoms with Crippen molar-refractivity contribution in [3.05, 3.63) is 208 Å². The van der Waals surface area contributed by atoms with Crippen LogP contribution < -0.4 is 5.56 Å². The highest BCUT2D eigenvalue weighted by Crippen LogP contribution is 2.43. The van der Waals surface area contributed by atoms with Crippen molar-refractivity contribution in [3.63, 3.8) is 0 Å². The van der Waals surface area contributed by atoms with Gasteiger partial charge in [-0.1, -0.05) is 159 Å². The molecule has 9 heteroatoms. The molecule has 6 aromatic carbocycles. The number of ether oxygens (including phenoxy) is 1. The fourth-order valence-electron chi connectivity index (χ4n) is 7.82. The van der Waals surface area contributed by atoms with Crippen molar-refractivity contribution in [1.29, 1.82) is 0 Å². The predicted molar refractivity (Wildman–Crippen MR) is 233 cm³/mol. The Morgan fingerprint density at radius 3 is 1.95 bits per heavy atom. The van der Waals surface area contributed by atoms with E-state index in [1.807, 2.05) is 83.5 Å². The second kappa shape index (κ2) is 17.5. The molecule has 292 valence electrons. The molecule has 0 aliphatic rings. The van der Waals surface area contributed by atoms with E-state index < -0.39 is 11.5 Å². The Balaban J connectivity index is 1.19. The second-order valence-electron chi connectivity index (χ2n) is 14.4. The predicted octanol–water partition coefficient (Wildman–Crippen LogP) is 9.52. The summed E-state index contributed by atoms with van der Waals surface area (Å²) < 4.78 is 8.77. The maximum Gasteiger partial charge on any atom is 0.330 e. The van der Waals surface area contributed by atoms with E-state index in [1.165, 1.54) is 6.08 Å². The lowest BCUT2D eigenvalue weighted by molar-refractivity contribution is -0.137. The van der Waals surface area contributed by atoms with Crippen LogP contribution in [0.1, 0.15) is 60.3 Å². The number of unbranched alkanes of at least 4 members (excludes halogenated alkanes) is 1. The van der Waals surface area contributed by atoms with Crippen molar-refractivity contribution in [1.82, 2.24) is 29.8 Å². The summed E-state index contributed by atoms with van der Waals surface area (Å²) in [5, 5.41) is 14.3. The summed E-state index contributed by atoms with van der Waals surface area (Å²) in [5.74, 6) is 0.938. The molecule has 9 nitrogen and oxygen atoms in total. The van der Waals surface area contributed by atoms with Gasteiger partial charge in [0.25, 0.3) is 5.56 Å². The SMILES string of the molecule is CCCCc1nc2ccc(C=CC(=O)OCC)cc2c(=O)n1Cc1ccc(-c2ccccc2-c2nnnn2C(c2ccccc2)(c2ccccc2)c2ccccc2)cc1. The van der Waals surface area contributed by atoms with Crippen molar-refractivity contribution in [3.8, 4) is 22.5 Å². The first-order chi connectivity index (χ1) is 29.0. The molecule has 0 bridgehead atoms. The molecule has 0 spiro atoms. The maximum absolute atomic E-state index is 14.2. The number of hydrogen-bond donors (Lipinski definition) is 0. The van der Waals surface area contributed by atoms with E-state index in [2.05, 4.69) is 84.9 Å². The van der Waals surface area contributed by atoms with Gasteiger partial charge < -0.3 is 4.74 Å². The largest absolute Gasteiger partial charge is 0.463 e. The van der Waals surface area contributed by atoms with Crippen LogP contribution in [-0.4, -0.2) is 42.3 Å². The highest BCUT2D eigenvalue weighted by atomic mass is 16.5. The average molecular weight is 777 g/mol. The van der Waals surface area contributed by atoms with E-state index in [-0.39, 0.29) is 5.56 Å². The third-order valence-electron chi connectivity index (χ3n) is 10.6. The summed E-state index contributed by atoms with van der Waals surface area (Å²) in [7, 11) is 0. The summed E-state index contributed by atoms with van der Waals surface area (Å²) in [6.07, 6.45) is 5.60. The van der Waals surface area contributed by atoms with Crippen molar-refractivity contribution in [2.24, 2.45) is 0 Å². The van der Waals surface area contributed by atoms with Crippen molar-refractivity contribution < 1.29 is 9.53 Å². The Morgan fingerprint density at radius 2 is 1.34 bits per heavy atom. The third kappa shape index (κ3) is 7.75. The molecule has 2 heterocycles. The van der Waals surface area contributed by atoms with Crippen LogP contribution in [0, 0.1) is 0 Å². The molecule has 0 atom stereocenters. The van der Waals surface area contributed by atoms with Crippen LogP contribution in [0.3, 0.4) is 0 Å². The van der Waals surface area contributed by atoms with E-state index in [0.717, 1.165) is 63.2 Å². The van der Waals surface area contributed by atoms with Gasteiger partial charge in [-0.25, -0.2) is 14.5 Å². The minimum atomic E-state index is -0.895. The number of carbonyl (C=O) groups excluding carboxylic acids is 1. The van der Waals surface area contributed by atoms with E-state index in [4.69, 9.17) is 20.0 Å². The van der Waals surface area contributed by atoms with Crippen LogP contribution in [0.15, 0.2) is 169 Å². The molecule has 8 aromatic rings. The normalized spacial score (nSPS) is 11.6. The lowest BCUT2D eigenvalue weighted by Crippen LogP contribution is -2.39. The monoisotopic (exact) mass is 776 g/mol. The molecule has 0 saturated carbocycles. The summed E-state index contributed by atoms with van der Waals surface area (Å²) in [6.45, 7) is 4.55. The molecule has 0 saturated heterocycles. The van der Waals surface area contributed by atoms with E-state index in [9.17, 15) is 9.59 Å². The Labute approximate surface area is 343 Å². The van der Waals surface area contributed by atoms with E-state index >= 15 is 0 Å². The molecule has 0 fully saturated rings. The fourth-order valence-corrected chi connectivity index (χ4v) is 7.82. The first-order valence-corrected chi connectivity index (χ1v) is 20.0. The van der Waals surface area contributed by atoms with Crippen LogP contribution >= 0.6 is 0 Å². The zero-order valence-electron chi connectivity index (χ0n) is 33.1. The van der Waals surface area contributed by atoms with Crippen LogP contribution in [0.2, 0.25) is 0 Å². The van der Waals surface area contributed by atoms with Gasteiger partial charge in [0, 0.05) is 18.1 Å². The molecule has 59 heavy (non-hydrogen) atoms. The minimum absolute atomic E-state index is 0.118. The van der Waals surface area contributed by atoms with Crippen LogP contribution in [-0.2, 0) is 28.0 Å². The number of aryl methyl sites for hydroxylation is 1. The van der Waals surface area contributed by atoms with Gasteiger partial charge in [0.15, 0.2) is 5.82 Å². The number of tetrazole rings is 1. The Morgan fingerprint density at radius 1 is 0.729 bits per heavy atom. The zero-order chi connectivity index (χ0) is 40.6. The fraction of sp³-hybridized carbons (Fsp3) is 0.160. The quantitative estimate of drug-likeness (QED) is 0.0616. The summed E-state index contributed by atoms with van der Waals surface area (Å²) in [6, 6.07) is 53.1. The molecular weight excluding hydrogens is 733 g/mol. The lowest BCUT2D eigenvalue weighted by Gasteiger charge is -2.36. The molecule has 2 aromatic heterocycles. The van der Waals surface area contributed by atoms with Crippen LogP contribution in [0.4, 0.5) is 0 Å². The standard InChI is InChI=1S/C50H44N6O3/c1-3-5-25-46-51-45-32-28-36(29-33-47(57)59-4-2)34-44(45)49(58)55(46)35-37-26-30-38(31-27-37)42-23-15-16-24-43(42)48-52-53-54-56(48)50(39-17-9-6-10-18-39,40-19-11-7-12-20-40)41-21-13-8-14-22-41/h6-24,26-34H,3-5,25,35H2,1-2H3. The molecule has 0 N–H and O–H groups in total. The number of rotatable bonds is 14. The van der Waals surface area contributed by atoms with Gasteiger partial charge in [0.05, 0.1) is 24.1 Å². The van der Waals surface area contributed by atoms with Crippen molar-refractivity contribution in [2.45, 2.75) is 45.2 Å². The average Bonchev–Trinajstić information content (AvgIpc) is 3.78. The number of hydrogen-bond acceptors (Lipinski definition) is 7. The number of carbonyl (C=O) groups is 1. The number of esters is 1. The maximum atomic E-state index is 14.2. The van der Waals surface area contributed by atoms with E-state index in [0.29, 0.717) is 36.3 Å². The third-order valence-corrected chi connectivity index (χ3v) is 10.6. The first-order valence-electron chi connectivity index (χ1n) is 20.0. The number of nitrogens with zero attached hydrogens (tertiary/aromatic N) is 6. The smallest absolute Gasteiger partial charge is 0.330 e. The molecule has 0 amide bonds.